The van der Waals surface area contributed by atoms with Crippen LogP contribution in [0.15, 0.2) is 30.3 Å². The Balaban J connectivity index is 2.65. The third-order valence-corrected chi connectivity index (χ3v) is 3.43. The van der Waals surface area contributed by atoms with Gasteiger partial charge in [-0.25, -0.2) is 0 Å². The van der Waals surface area contributed by atoms with Gasteiger partial charge in [-0.05, 0) is 18.4 Å². The van der Waals surface area contributed by atoms with Crippen LogP contribution < -0.4 is 5.73 Å². The lowest BCUT2D eigenvalue weighted by Gasteiger charge is -2.23. The molecule has 1 unspecified atom stereocenters. The molecule has 1 atom stereocenters. The van der Waals surface area contributed by atoms with Crippen LogP contribution in [0, 0.1) is 5.92 Å². The standard InChI is InChI=1S/C15H22N2O2S/c1-17(9-6-10-19-2)15(18)13(14(16)20)11-12-7-4-3-5-8-12/h3-5,7-8,13H,6,9-11H2,1-2H3,(H2,16,20). The van der Waals surface area contributed by atoms with Gasteiger partial charge in [0.1, 0.15) is 0 Å². The van der Waals surface area contributed by atoms with Crippen molar-refractivity contribution < 1.29 is 9.53 Å². The van der Waals surface area contributed by atoms with Gasteiger partial charge in [-0.15, -0.1) is 0 Å². The molecule has 1 amide bonds. The fourth-order valence-corrected chi connectivity index (χ4v) is 2.17. The molecule has 1 rings (SSSR count). The van der Waals surface area contributed by atoms with E-state index in [1.807, 2.05) is 30.3 Å². The summed E-state index contributed by atoms with van der Waals surface area (Å²) in [5, 5.41) is 0. The fraction of sp³-hybridized carbons (Fsp3) is 0.467. The molecule has 4 nitrogen and oxygen atoms in total. The first-order chi connectivity index (χ1) is 9.56. The average Bonchev–Trinajstić information content (AvgIpc) is 2.45. The topological polar surface area (TPSA) is 55.6 Å². The Bertz CT molecular complexity index is 437. The number of methoxy groups -OCH3 is 1. The maximum absolute atomic E-state index is 12.4. The van der Waals surface area contributed by atoms with E-state index in [9.17, 15) is 4.79 Å². The van der Waals surface area contributed by atoms with Crippen molar-refractivity contribution in [2.24, 2.45) is 11.7 Å². The number of nitrogens with zero attached hydrogens (tertiary/aromatic N) is 1. The first-order valence-electron chi connectivity index (χ1n) is 6.63. The van der Waals surface area contributed by atoms with Crippen molar-refractivity contribution in [3.8, 4) is 0 Å². The molecule has 0 aliphatic carbocycles. The van der Waals surface area contributed by atoms with Crippen molar-refractivity contribution in [2.45, 2.75) is 12.8 Å². The predicted octanol–water partition coefficient (Wildman–Crippen LogP) is 1.63. The van der Waals surface area contributed by atoms with Gasteiger partial charge in [0.05, 0.1) is 10.9 Å². The molecule has 0 bridgehead atoms. The molecule has 20 heavy (non-hydrogen) atoms. The van der Waals surface area contributed by atoms with E-state index in [0.717, 1.165) is 12.0 Å². The SMILES string of the molecule is COCCCN(C)C(=O)C(Cc1ccccc1)C(N)=S. The number of rotatable bonds is 8. The predicted molar refractivity (Wildman–Crippen MR) is 84.6 cm³/mol. The quantitative estimate of drug-likeness (QED) is 0.585. The van der Waals surface area contributed by atoms with Crippen molar-refractivity contribution in [1.29, 1.82) is 0 Å². The summed E-state index contributed by atoms with van der Waals surface area (Å²) in [5.41, 5.74) is 6.80. The second-order valence-corrected chi connectivity index (χ2v) is 5.22. The van der Waals surface area contributed by atoms with E-state index in [1.54, 1.807) is 19.1 Å². The number of hydrogen-bond donors (Lipinski definition) is 1. The highest BCUT2D eigenvalue weighted by molar-refractivity contribution is 7.80. The monoisotopic (exact) mass is 294 g/mol. The molecule has 110 valence electrons. The molecule has 5 heteroatoms. The van der Waals surface area contributed by atoms with Crippen LogP contribution in [0.3, 0.4) is 0 Å². The highest BCUT2D eigenvalue weighted by Crippen LogP contribution is 2.12. The number of nitrogens with two attached hydrogens (primary N) is 1. The van der Waals surface area contributed by atoms with E-state index in [4.69, 9.17) is 22.7 Å². The van der Waals surface area contributed by atoms with Gasteiger partial charge in [0.2, 0.25) is 5.91 Å². The smallest absolute Gasteiger partial charge is 0.232 e. The Hall–Kier alpha value is -1.46. The zero-order chi connectivity index (χ0) is 15.0. The van der Waals surface area contributed by atoms with Crippen LogP contribution in [0.25, 0.3) is 0 Å². The lowest BCUT2D eigenvalue weighted by Crippen LogP contribution is -2.40. The molecule has 2 N–H and O–H groups in total. The maximum Gasteiger partial charge on any atom is 0.232 e. The maximum atomic E-state index is 12.4. The summed E-state index contributed by atoms with van der Waals surface area (Å²) >= 11 is 5.05. The Morgan fingerprint density at radius 3 is 2.60 bits per heavy atom. The van der Waals surface area contributed by atoms with Gasteiger partial charge in [-0.2, -0.15) is 0 Å². The number of carbonyl (C=O) groups excluding carboxylic acids is 1. The molecule has 0 fully saturated rings. The normalized spacial score (nSPS) is 11.9. The average molecular weight is 294 g/mol. The molecular weight excluding hydrogens is 272 g/mol. The Morgan fingerprint density at radius 1 is 1.40 bits per heavy atom. The first kappa shape index (κ1) is 16.6. The highest BCUT2D eigenvalue weighted by atomic mass is 32.1. The van der Waals surface area contributed by atoms with Crippen molar-refractivity contribution in [2.75, 3.05) is 27.3 Å². The summed E-state index contributed by atoms with van der Waals surface area (Å²) in [6.45, 7) is 1.27. The lowest BCUT2D eigenvalue weighted by molar-refractivity contribution is -0.132. The molecule has 0 spiro atoms. The van der Waals surface area contributed by atoms with Crippen LogP contribution in [-0.2, 0) is 16.0 Å². The second-order valence-electron chi connectivity index (χ2n) is 4.75. The second kappa shape index (κ2) is 8.66. The number of thiocarbonyl (C=S) groups is 1. The third-order valence-electron chi connectivity index (χ3n) is 3.14. The van der Waals surface area contributed by atoms with Crippen LogP contribution >= 0.6 is 12.2 Å². The van der Waals surface area contributed by atoms with Gasteiger partial charge >= 0.3 is 0 Å². The minimum Gasteiger partial charge on any atom is -0.393 e. The summed E-state index contributed by atoms with van der Waals surface area (Å²) in [7, 11) is 3.42. The zero-order valence-electron chi connectivity index (χ0n) is 12.0. The fourth-order valence-electron chi connectivity index (χ4n) is 1.98. The number of benzene rings is 1. The zero-order valence-corrected chi connectivity index (χ0v) is 12.9. The third kappa shape index (κ3) is 5.27. The van der Waals surface area contributed by atoms with E-state index < -0.39 is 5.92 Å². The first-order valence-corrected chi connectivity index (χ1v) is 7.04. The minimum atomic E-state index is -0.444. The van der Waals surface area contributed by atoms with Gasteiger partial charge in [-0.1, -0.05) is 42.5 Å². The summed E-state index contributed by atoms with van der Waals surface area (Å²) < 4.78 is 4.99. The molecular formula is C15H22N2O2S. The summed E-state index contributed by atoms with van der Waals surface area (Å²) in [6, 6.07) is 9.78. The summed E-state index contributed by atoms with van der Waals surface area (Å²) in [6.07, 6.45) is 1.34. The van der Waals surface area contributed by atoms with Crippen molar-refractivity contribution in [3.63, 3.8) is 0 Å². The molecule has 1 aromatic rings. The van der Waals surface area contributed by atoms with Crippen LogP contribution in [0.4, 0.5) is 0 Å². The molecule has 0 heterocycles. The van der Waals surface area contributed by atoms with E-state index in [1.165, 1.54) is 0 Å². The van der Waals surface area contributed by atoms with Gasteiger partial charge in [-0.3, -0.25) is 4.79 Å². The number of ether oxygens (including phenoxy) is 1. The van der Waals surface area contributed by atoms with Crippen molar-refractivity contribution in [1.82, 2.24) is 4.90 Å². The summed E-state index contributed by atoms with van der Waals surface area (Å²) in [4.78, 5) is 14.3. The van der Waals surface area contributed by atoms with Crippen LogP contribution in [0.1, 0.15) is 12.0 Å². The van der Waals surface area contributed by atoms with Gasteiger partial charge < -0.3 is 15.4 Å². The van der Waals surface area contributed by atoms with Gasteiger partial charge in [0, 0.05) is 27.3 Å². The lowest BCUT2D eigenvalue weighted by atomic mass is 9.98. The molecule has 0 saturated heterocycles. The van der Waals surface area contributed by atoms with Crippen molar-refractivity contribution in [3.05, 3.63) is 35.9 Å². The van der Waals surface area contributed by atoms with Crippen LogP contribution in [-0.4, -0.2) is 43.1 Å². The van der Waals surface area contributed by atoms with E-state index >= 15 is 0 Å². The Labute approximate surface area is 125 Å². The van der Waals surface area contributed by atoms with Gasteiger partial charge in [0.25, 0.3) is 0 Å². The van der Waals surface area contributed by atoms with Crippen molar-refractivity contribution >= 4 is 23.1 Å². The van der Waals surface area contributed by atoms with E-state index in [0.29, 0.717) is 19.6 Å². The highest BCUT2D eigenvalue weighted by Gasteiger charge is 2.24. The van der Waals surface area contributed by atoms with Crippen LogP contribution in [0.2, 0.25) is 0 Å². The van der Waals surface area contributed by atoms with Crippen LogP contribution in [0.5, 0.6) is 0 Å². The molecule has 0 aliphatic heterocycles. The van der Waals surface area contributed by atoms with E-state index in [-0.39, 0.29) is 10.9 Å². The Kier molecular flexibility index (Phi) is 7.18. The molecule has 0 radical (unpaired) electrons. The number of amides is 1. The molecule has 1 aromatic carbocycles. The number of hydrogen-bond acceptors (Lipinski definition) is 3. The molecule has 0 aromatic heterocycles. The van der Waals surface area contributed by atoms with Gasteiger partial charge in [0.15, 0.2) is 0 Å². The minimum absolute atomic E-state index is 0.0301. The van der Waals surface area contributed by atoms with E-state index in [2.05, 4.69) is 0 Å². The number of carbonyl (C=O) groups is 1. The summed E-state index contributed by atoms with van der Waals surface area (Å²) in [5.74, 6) is -0.475. The molecule has 0 aliphatic rings. The Morgan fingerprint density at radius 2 is 2.05 bits per heavy atom. The molecule has 0 saturated carbocycles. The largest absolute Gasteiger partial charge is 0.393 e.